The van der Waals surface area contributed by atoms with Crippen molar-refractivity contribution in [1.82, 2.24) is 0 Å². The van der Waals surface area contributed by atoms with Gasteiger partial charge in [-0.25, -0.2) is 0 Å². The molecule has 0 atom stereocenters. The Morgan fingerprint density at radius 3 is 1.44 bits per heavy atom. The van der Waals surface area contributed by atoms with Crippen LogP contribution in [0.4, 0.5) is 0 Å². The standard InChI is InChI=1S/C13H12ClP.B/c14-11-15(12-7-3-1-4-8-12)13-9-5-2-6-10-13;/h1-10H,11H2;. The molecule has 79 valence electrons. The topological polar surface area (TPSA) is 0 Å². The summed E-state index contributed by atoms with van der Waals surface area (Å²) in [6.45, 7) is 0. The first-order chi connectivity index (χ1) is 7.42. The molecule has 2 rings (SSSR count). The Labute approximate surface area is 105 Å². The average molecular weight is 245 g/mol. The van der Waals surface area contributed by atoms with E-state index in [1.165, 1.54) is 10.6 Å². The number of hydrogen-bond acceptors (Lipinski definition) is 0. The van der Waals surface area contributed by atoms with Crippen LogP contribution in [0.1, 0.15) is 0 Å². The highest BCUT2D eigenvalue weighted by atomic mass is 35.5. The molecule has 2 aromatic carbocycles. The number of benzene rings is 2. The van der Waals surface area contributed by atoms with E-state index in [0.717, 1.165) is 0 Å². The fourth-order valence-electron chi connectivity index (χ4n) is 1.50. The molecule has 0 nitrogen and oxygen atoms in total. The van der Waals surface area contributed by atoms with Gasteiger partial charge in [-0.1, -0.05) is 60.7 Å². The van der Waals surface area contributed by atoms with Crippen molar-refractivity contribution in [2.45, 2.75) is 0 Å². The van der Waals surface area contributed by atoms with Crippen LogP contribution in [0.15, 0.2) is 60.7 Å². The molecule has 0 N–H and O–H groups in total. The Bertz CT molecular complexity index is 365. The Morgan fingerprint density at radius 1 is 0.750 bits per heavy atom. The molecule has 0 fully saturated rings. The molecule has 3 heteroatoms. The van der Waals surface area contributed by atoms with E-state index < -0.39 is 0 Å². The number of halogens is 1. The lowest BCUT2D eigenvalue weighted by Crippen LogP contribution is -2.11. The van der Waals surface area contributed by atoms with E-state index in [4.69, 9.17) is 11.6 Å². The molecule has 0 aliphatic carbocycles. The average Bonchev–Trinajstić information content (AvgIpc) is 2.33. The molecular weight excluding hydrogens is 233 g/mol. The summed E-state index contributed by atoms with van der Waals surface area (Å²) in [4.78, 5) is 0. The minimum atomic E-state index is -0.383. The van der Waals surface area contributed by atoms with Gasteiger partial charge in [0.1, 0.15) is 0 Å². The first-order valence-corrected chi connectivity index (χ1v) is 6.91. The van der Waals surface area contributed by atoms with Gasteiger partial charge in [-0.2, -0.15) is 0 Å². The molecular formula is C13H12BClP. The summed E-state index contributed by atoms with van der Waals surface area (Å²) < 4.78 is 0. The van der Waals surface area contributed by atoms with E-state index in [2.05, 4.69) is 48.5 Å². The maximum Gasteiger partial charge on any atom is 0.0506 e. The van der Waals surface area contributed by atoms with E-state index >= 15 is 0 Å². The van der Waals surface area contributed by atoms with E-state index in [1.54, 1.807) is 0 Å². The van der Waals surface area contributed by atoms with Crippen molar-refractivity contribution in [3.63, 3.8) is 0 Å². The summed E-state index contributed by atoms with van der Waals surface area (Å²) in [5, 5.41) is 2.68. The van der Waals surface area contributed by atoms with E-state index in [0.29, 0.717) is 5.62 Å². The quantitative estimate of drug-likeness (QED) is 0.443. The van der Waals surface area contributed by atoms with Gasteiger partial charge in [0.15, 0.2) is 0 Å². The van der Waals surface area contributed by atoms with Gasteiger partial charge in [0.05, 0.1) is 5.62 Å². The molecule has 0 spiro atoms. The van der Waals surface area contributed by atoms with Crippen molar-refractivity contribution in [2.75, 3.05) is 5.62 Å². The highest BCUT2D eigenvalue weighted by molar-refractivity contribution is 7.74. The van der Waals surface area contributed by atoms with E-state index in [1.807, 2.05) is 12.1 Å². The lowest BCUT2D eigenvalue weighted by molar-refractivity contribution is 1.74. The van der Waals surface area contributed by atoms with Gasteiger partial charge in [-0.05, 0) is 18.5 Å². The van der Waals surface area contributed by atoms with Crippen molar-refractivity contribution in [1.29, 1.82) is 0 Å². The van der Waals surface area contributed by atoms with Crippen LogP contribution in [0.3, 0.4) is 0 Å². The van der Waals surface area contributed by atoms with Crippen molar-refractivity contribution < 1.29 is 0 Å². The normalized spacial score (nSPS) is 9.88. The molecule has 0 amide bonds. The minimum Gasteiger partial charge on any atom is -0.121 e. The van der Waals surface area contributed by atoms with Gasteiger partial charge in [0.25, 0.3) is 0 Å². The monoisotopic (exact) mass is 245 g/mol. The predicted molar refractivity (Wildman–Crippen MR) is 75.5 cm³/mol. The zero-order valence-corrected chi connectivity index (χ0v) is 10.5. The summed E-state index contributed by atoms with van der Waals surface area (Å²) in [6, 6.07) is 21.0. The first kappa shape index (κ1) is 13.3. The maximum atomic E-state index is 6.07. The third kappa shape index (κ3) is 3.11. The van der Waals surface area contributed by atoms with Crippen molar-refractivity contribution in [3.8, 4) is 0 Å². The highest BCUT2D eigenvalue weighted by Crippen LogP contribution is 2.34. The fourth-order valence-corrected chi connectivity index (χ4v) is 3.97. The molecule has 16 heavy (non-hydrogen) atoms. The second-order valence-electron chi connectivity index (χ2n) is 3.22. The third-order valence-electron chi connectivity index (χ3n) is 2.26. The molecule has 0 heterocycles. The van der Waals surface area contributed by atoms with Crippen LogP contribution >= 0.6 is 19.5 Å². The SMILES string of the molecule is ClCP(c1ccccc1)c1ccccc1.[B]. The van der Waals surface area contributed by atoms with E-state index in [9.17, 15) is 0 Å². The molecule has 0 bridgehead atoms. The van der Waals surface area contributed by atoms with Crippen LogP contribution in [0.5, 0.6) is 0 Å². The van der Waals surface area contributed by atoms with Crippen molar-refractivity contribution >= 4 is 38.5 Å². The molecule has 2 aromatic rings. The van der Waals surface area contributed by atoms with Crippen LogP contribution in [0.25, 0.3) is 0 Å². The number of alkyl halides is 1. The van der Waals surface area contributed by atoms with Gasteiger partial charge >= 0.3 is 0 Å². The largest absolute Gasteiger partial charge is 0.121 e. The van der Waals surface area contributed by atoms with Crippen LogP contribution < -0.4 is 10.6 Å². The summed E-state index contributed by atoms with van der Waals surface area (Å²) in [5.74, 6) is 0. The lowest BCUT2D eigenvalue weighted by Gasteiger charge is -2.14. The molecule has 0 aromatic heterocycles. The summed E-state index contributed by atoms with van der Waals surface area (Å²) in [5.41, 5.74) is 0.684. The fraction of sp³-hybridized carbons (Fsp3) is 0.0769. The zero-order chi connectivity index (χ0) is 10.5. The Kier molecular flexibility index (Phi) is 5.59. The smallest absolute Gasteiger partial charge is 0.0506 e. The summed E-state index contributed by atoms with van der Waals surface area (Å²) in [6.07, 6.45) is 0. The first-order valence-electron chi connectivity index (χ1n) is 4.85. The van der Waals surface area contributed by atoms with Gasteiger partial charge in [-0.3, -0.25) is 0 Å². The number of rotatable bonds is 3. The molecule has 0 saturated carbocycles. The second kappa shape index (κ2) is 6.73. The number of hydrogen-bond donors (Lipinski definition) is 0. The molecule has 3 radical (unpaired) electrons. The van der Waals surface area contributed by atoms with Gasteiger partial charge in [0, 0.05) is 8.41 Å². The molecule has 0 saturated heterocycles. The molecule has 0 unspecified atom stereocenters. The van der Waals surface area contributed by atoms with E-state index in [-0.39, 0.29) is 16.3 Å². The highest BCUT2D eigenvalue weighted by Gasteiger charge is 2.10. The Balaban J connectivity index is 0.00000128. The van der Waals surface area contributed by atoms with Crippen molar-refractivity contribution in [3.05, 3.63) is 60.7 Å². The second-order valence-corrected chi connectivity index (χ2v) is 6.06. The Hall–Kier alpha value is -0.775. The van der Waals surface area contributed by atoms with Gasteiger partial charge < -0.3 is 0 Å². The minimum absolute atomic E-state index is 0. The zero-order valence-electron chi connectivity index (χ0n) is 8.88. The van der Waals surface area contributed by atoms with Gasteiger partial charge in [-0.15, -0.1) is 11.6 Å². The Morgan fingerprint density at radius 2 is 1.12 bits per heavy atom. The maximum absolute atomic E-state index is 6.07. The third-order valence-corrected chi connectivity index (χ3v) is 5.05. The van der Waals surface area contributed by atoms with Crippen molar-refractivity contribution in [2.24, 2.45) is 0 Å². The molecule has 0 aliphatic rings. The van der Waals surface area contributed by atoms with Crippen LogP contribution in [-0.4, -0.2) is 14.0 Å². The summed E-state index contributed by atoms with van der Waals surface area (Å²) in [7, 11) is -0.383. The predicted octanol–water partition coefficient (Wildman–Crippen LogP) is 2.93. The van der Waals surface area contributed by atoms with Gasteiger partial charge in [0.2, 0.25) is 0 Å². The lowest BCUT2D eigenvalue weighted by atomic mass is 10.4. The van der Waals surface area contributed by atoms with Crippen LogP contribution in [0, 0.1) is 0 Å². The summed E-state index contributed by atoms with van der Waals surface area (Å²) >= 11 is 6.07. The van der Waals surface area contributed by atoms with Crippen LogP contribution in [-0.2, 0) is 0 Å². The molecule has 0 aliphatic heterocycles. The van der Waals surface area contributed by atoms with Crippen LogP contribution in [0.2, 0.25) is 0 Å².